The second-order valence-electron chi connectivity index (χ2n) is 46.0. The van der Waals surface area contributed by atoms with Gasteiger partial charge in [0.15, 0.2) is 0 Å². The lowest BCUT2D eigenvalue weighted by molar-refractivity contribution is 0.753. The molecule has 147 heavy (non-hydrogen) atoms. The molecule has 0 saturated carbocycles. The molecule has 0 atom stereocenters. The van der Waals surface area contributed by atoms with Crippen molar-refractivity contribution < 1.29 is 0 Å². The van der Waals surface area contributed by atoms with Crippen LogP contribution >= 0.6 is 0 Å². The van der Waals surface area contributed by atoms with Gasteiger partial charge in [0.05, 0.1) is 99.1 Å². The van der Waals surface area contributed by atoms with Crippen LogP contribution in [0.5, 0.6) is 0 Å². The van der Waals surface area contributed by atoms with E-state index in [2.05, 4.69) is 573 Å². The van der Waals surface area contributed by atoms with E-state index in [9.17, 15) is 0 Å². The van der Waals surface area contributed by atoms with Crippen molar-refractivity contribution >= 4 is 208 Å². The van der Waals surface area contributed by atoms with Gasteiger partial charge in [-0.3, -0.25) is 0 Å². The van der Waals surface area contributed by atoms with Crippen molar-refractivity contribution in [1.29, 1.82) is 0 Å². The second kappa shape index (κ2) is 38.2. The first-order chi connectivity index (χ1) is 68.8. The Kier molecular flexibility index (Phi) is 26.4. The highest BCUT2D eigenvalue weighted by molar-refractivity contribution is 6.91. The topological polar surface area (TPSA) is 16.2 Å². The number of nitrogens with zero attached hydrogens (tertiary/aromatic N) is 5. The van der Waals surface area contributed by atoms with Gasteiger partial charge in [-0.25, -0.2) is 0 Å². The molecular weight excluding hydrogens is 1870 g/mol. The second-order valence-corrected chi connectivity index (χ2v) is 76.5. The van der Waals surface area contributed by atoms with Gasteiger partial charge in [-0.1, -0.05) is 470 Å². The first kappa shape index (κ1) is 101. The van der Waals surface area contributed by atoms with Crippen LogP contribution in [0.15, 0.2) is 431 Å². The van der Waals surface area contributed by atoms with Crippen LogP contribution in [0.2, 0.25) is 118 Å². The van der Waals surface area contributed by atoms with Gasteiger partial charge in [0.25, 0.3) is 0 Å². The maximum Gasteiger partial charge on any atom is 0.0775 e. The van der Waals surface area contributed by atoms with Gasteiger partial charge in [-0.15, -0.1) is 0 Å². The smallest absolute Gasteiger partial charge is 0.0775 e. The van der Waals surface area contributed by atoms with Crippen LogP contribution in [0, 0.1) is 0 Å². The first-order valence-electron chi connectivity index (χ1n) is 51.1. The van der Waals surface area contributed by atoms with Gasteiger partial charge in [-0.05, 0) is 233 Å². The van der Waals surface area contributed by atoms with Crippen LogP contribution in [0.25, 0.3) is 65.3 Å². The van der Waals surface area contributed by atoms with Crippen LogP contribution in [-0.2, 0) is 10.8 Å². The molecule has 0 unspecified atom stereocenters. The molecule has 11 heteroatoms. The molecule has 20 aromatic rings. The van der Waals surface area contributed by atoms with Gasteiger partial charge < -0.3 is 24.5 Å². The minimum absolute atomic E-state index is 0. The van der Waals surface area contributed by atoms with E-state index in [-0.39, 0.29) is 29.7 Å². The molecule has 734 valence electrons. The Hall–Kier alpha value is -14.3. The highest BCUT2D eigenvalue weighted by Crippen LogP contribution is 2.70. The average molecular weight is 2010 g/mol. The van der Waals surface area contributed by atoms with Gasteiger partial charge in [-0.2, -0.15) is 0 Å². The summed E-state index contributed by atoms with van der Waals surface area (Å²) in [5, 5.41) is 18.7. The third-order valence-corrected chi connectivity index (χ3v) is 43.4. The monoisotopic (exact) mass is 2010 g/mol. The number of hydrogen-bond acceptors (Lipinski definition) is 5. The molecule has 5 nitrogen and oxygen atoms in total. The Balaban J connectivity index is 0.000000187. The summed E-state index contributed by atoms with van der Waals surface area (Å²) in [7, 11) is -9.53. The quantitative estimate of drug-likeness (QED) is 0.0842. The predicted octanol–water partition coefficient (Wildman–Crippen LogP) is 36.5. The third kappa shape index (κ3) is 16.9. The largest absolute Gasteiger partial charge is 0.310 e. The van der Waals surface area contributed by atoms with Crippen molar-refractivity contribution in [2.75, 3.05) is 24.5 Å². The highest BCUT2D eigenvalue weighted by Gasteiger charge is 2.56. The van der Waals surface area contributed by atoms with Crippen molar-refractivity contribution in [2.45, 2.75) is 158 Å². The van der Waals surface area contributed by atoms with Crippen LogP contribution in [0.4, 0.5) is 85.3 Å². The minimum Gasteiger partial charge on any atom is -0.310 e. The summed E-state index contributed by atoms with van der Waals surface area (Å²) in [4.78, 5) is 12.7. The average Bonchev–Trinajstić information content (AvgIpc) is 1.51. The van der Waals surface area contributed by atoms with Gasteiger partial charge >= 0.3 is 0 Å². The maximum atomic E-state index is 2.62. The zero-order valence-corrected chi connectivity index (χ0v) is 91.7. The van der Waals surface area contributed by atoms with Crippen LogP contribution < -0.4 is 55.6 Å². The van der Waals surface area contributed by atoms with Gasteiger partial charge in [0.2, 0.25) is 0 Å². The number of para-hydroxylation sites is 6. The normalized spacial score (nSPS) is 13.4. The Morgan fingerprint density at radius 2 is 0.367 bits per heavy atom. The standard InChI is InChI=1S/C75H75N3Si4.C57H50N2Si2.4CH4/c1-79(2,3)57-42-34-53(35-43-57)76(54-36-44-58(45-37-54)80(4,5)6)71-50-67-73(63-28-18-16-26-61(63)71)74-64-29-19-17-27-62(64)72(77(55-38-46-59(47-39-55)81(7,8)9)56-40-48-60(49-41-56)82(10,11)12)51-68(74)75(67)65-30-20-22-32-69(65)78(52-24-14-13-15-25-52)70-33-23-21-31-66(70)75;1-60(2,3)43-33-29-41(30-34-43)58(42-31-35-44(36-32-42)61(4,5)6)54-38-51-56(47-23-13-12-22-46(47)54)55-45-21-11-10-18-39(45)28-37-50(55)57(51)48-24-14-16-26-52(48)59(40-19-8-7-9-20-40)53-27-17-15-25-49(53)57;;;;/h13-51H,1-12H3;7-38H,1-6H3;4*1H4. The van der Waals surface area contributed by atoms with E-state index in [4.69, 9.17) is 0 Å². The van der Waals surface area contributed by atoms with Crippen molar-refractivity contribution in [3.05, 3.63) is 475 Å². The predicted molar refractivity (Wildman–Crippen MR) is 663 cm³/mol. The molecule has 0 saturated heterocycles. The van der Waals surface area contributed by atoms with Gasteiger partial charge in [0.1, 0.15) is 0 Å². The van der Waals surface area contributed by atoms with E-state index in [0.717, 1.165) is 34.1 Å². The lowest BCUT2D eigenvalue weighted by atomic mass is 9.64. The van der Waals surface area contributed by atoms with E-state index < -0.39 is 59.3 Å². The Labute approximate surface area is 881 Å². The molecular formula is C136H141N5Si6. The van der Waals surface area contributed by atoms with Crippen molar-refractivity contribution in [1.82, 2.24) is 0 Å². The lowest BCUT2D eigenvalue weighted by Crippen LogP contribution is -2.37. The third-order valence-electron chi connectivity index (χ3n) is 31.0. The minimum atomic E-state index is -1.61. The van der Waals surface area contributed by atoms with E-state index in [1.54, 1.807) is 0 Å². The molecule has 24 rings (SSSR count). The number of rotatable bonds is 17. The molecule has 2 aliphatic heterocycles. The van der Waals surface area contributed by atoms with E-state index >= 15 is 0 Å². The molecule has 4 aliphatic rings. The molecule has 20 aromatic carbocycles. The Morgan fingerprint density at radius 1 is 0.170 bits per heavy atom. The molecule has 0 amide bonds. The summed E-state index contributed by atoms with van der Waals surface area (Å²) in [6.07, 6.45) is 0. The Morgan fingerprint density at radius 3 is 0.612 bits per heavy atom. The van der Waals surface area contributed by atoms with E-state index in [0.29, 0.717) is 0 Å². The summed E-state index contributed by atoms with van der Waals surface area (Å²) in [6, 6.07) is 165. The summed E-state index contributed by atoms with van der Waals surface area (Å²) in [6.45, 7) is 43.9. The van der Waals surface area contributed by atoms with Gasteiger partial charge in [0, 0.05) is 61.7 Å². The fourth-order valence-electron chi connectivity index (χ4n) is 23.8. The van der Waals surface area contributed by atoms with Crippen LogP contribution in [0.1, 0.15) is 74.2 Å². The van der Waals surface area contributed by atoms with Crippen molar-refractivity contribution in [2.24, 2.45) is 0 Å². The molecule has 0 bridgehead atoms. The maximum absolute atomic E-state index is 2.62. The van der Waals surface area contributed by atoms with Crippen molar-refractivity contribution in [3.8, 4) is 22.3 Å². The number of fused-ring (bicyclic) bond motifs is 26. The van der Waals surface area contributed by atoms with E-state index in [1.165, 1.54) is 192 Å². The highest BCUT2D eigenvalue weighted by atomic mass is 28.3. The summed E-state index contributed by atoms with van der Waals surface area (Å²) >= 11 is 0. The number of hydrogen-bond donors (Lipinski definition) is 0. The fraction of sp³-hybridized carbons (Fsp3) is 0.176. The molecule has 0 fully saturated rings. The van der Waals surface area contributed by atoms with Crippen LogP contribution in [-0.4, -0.2) is 48.4 Å². The summed E-state index contributed by atoms with van der Waals surface area (Å²) in [5.41, 5.74) is 31.7. The fourth-order valence-corrected chi connectivity index (χ4v) is 30.8. The Bertz CT molecular complexity index is 7890. The zero-order chi connectivity index (χ0) is 98.8. The first-order valence-corrected chi connectivity index (χ1v) is 72.1. The molecule has 2 spiro atoms. The van der Waals surface area contributed by atoms with Crippen molar-refractivity contribution in [3.63, 3.8) is 0 Å². The molecule has 2 heterocycles. The lowest BCUT2D eigenvalue weighted by Gasteiger charge is -2.45. The molecule has 0 radical (unpaired) electrons. The summed E-state index contributed by atoms with van der Waals surface area (Å²) < 4.78 is 0. The summed E-state index contributed by atoms with van der Waals surface area (Å²) in [5.74, 6) is 0. The number of benzene rings is 20. The SMILES string of the molecule is C.C.C.C.C[Si](C)(C)c1ccc(N(c2ccc([Si](C)(C)C)cc2)c2cc3c(c4ccccc24)-c2c(cc(N(c4ccc([Si](C)(C)C)cc4)c4ccc([Si](C)(C)C)cc4)c4ccccc24)C32c3ccccc3N(c3ccccc3)c3ccccc32)cc1.C[Si](C)(C)c1ccc(N(c2ccc([Si](C)(C)C)cc2)c2cc3c(c4ccccc24)-c2c(ccc4ccccc24)C32c3ccccc3N(c3ccccc3)c3ccccc32)cc1. The van der Waals surface area contributed by atoms with Crippen LogP contribution in [0.3, 0.4) is 0 Å². The van der Waals surface area contributed by atoms with E-state index in [1.807, 2.05) is 0 Å². The molecule has 2 aliphatic carbocycles. The number of anilines is 15. The molecule has 0 aromatic heterocycles. The molecule has 0 N–H and O–H groups in total. The zero-order valence-electron chi connectivity index (χ0n) is 85.7.